The Balaban J connectivity index is 1.69. The SMILES string of the molecule is CC(=O)OC[C@H]1O[C@H](F)[C@@H](OC(=O)c2ccccc2)[C@@H](OC(=O)c2ccccc2)[C@@H]1OC(=O)c1ccccc1. The Hall–Kier alpha value is -4.57. The van der Waals surface area contributed by atoms with Crippen molar-refractivity contribution in [2.24, 2.45) is 0 Å². The van der Waals surface area contributed by atoms with Gasteiger partial charge in [0.25, 0.3) is 0 Å². The van der Waals surface area contributed by atoms with E-state index >= 15 is 4.39 Å². The molecule has 1 aliphatic rings. The predicted molar refractivity (Wildman–Crippen MR) is 133 cm³/mol. The van der Waals surface area contributed by atoms with E-state index in [0.29, 0.717) is 0 Å². The zero-order valence-corrected chi connectivity index (χ0v) is 20.8. The Morgan fingerprint density at radius 3 is 1.44 bits per heavy atom. The van der Waals surface area contributed by atoms with E-state index in [2.05, 4.69) is 0 Å². The minimum atomic E-state index is -2.32. The van der Waals surface area contributed by atoms with Crippen LogP contribution in [0.1, 0.15) is 38.0 Å². The molecule has 0 saturated carbocycles. The molecule has 0 spiro atoms. The van der Waals surface area contributed by atoms with Crippen LogP contribution >= 0.6 is 0 Å². The maximum absolute atomic E-state index is 15.5. The van der Waals surface area contributed by atoms with Gasteiger partial charge in [0.05, 0.1) is 16.7 Å². The van der Waals surface area contributed by atoms with Crippen molar-refractivity contribution in [2.75, 3.05) is 6.61 Å². The van der Waals surface area contributed by atoms with Crippen LogP contribution in [0.3, 0.4) is 0 Å². The summed E-state index contributed by atoms with van der Waals surface area (Å²) in [6, 6.07) is 23.5. The quantitative estimate of drug-likeness (QED) is 0.312. The number of alkyl halides is 1. The number of hydrogen-bond acceptors (Lipinski definition) is 9. The highest BCUT2D eigenvalue weighted by atomic mass is 19.1. The second-order valence-corrected chi connectivity index (χ2v) is 8.54. The molecular weight excluding hydrogens is 511 g/mol. The number of benzene rings is 3. The number of hydrogen-bond donors (Lipinski definition) is 0. The lowest BCUT2D eigenvalue weighted by molar-refractivity contribution is -0.262. The molecule has 3 aromatic rings. The van der Waals surface area contributed by atoms with Gasteiger partial charge in [-0.1, -0.05) is 54.6 Å². The Morgan fingerprint density at radius 1 is 0.641 bits per heavy atom. The lowest BCUT2D eigenvalue weighted by Gasteiger charge is -2.42. The fraction of sp³-hybridized carbons (Fsp3) is 0.241. The highest BCUT2D eigenvalue weighted by molar-refractivity contribution is 5.91. The number of ether oxygens (including phenoxy) is 5. The van der Waals surface area contributed by atoms with Crippen LogP contribution in [0, 0.1) is 0 Å². The van der Waals surface area contributed by atoms with E-state index < -0.39 is 61.3 Å². The summed E-state index contributed by atoms with van der Waals surface area (Å²) in [7, 11) is 0. The van der Waals surface area contributed by atoms with Crippen molar-refractivity contribution >= 4 is 23.9 Å². The highest BCUT2D eigenvalue weighted by Gasteiger charge is 2.53. The van der Waals surface area contributed by atoms with Crippen LogP contribution in [0.15, 0.2) is 91.0 Å². The second-order valence-electron chi connectivity index (χ2n) is 8.54. The predicted octanol–water partition coefficient (Wildman–Crippen LogP) is 3.92. The second kappa shape index (κ2) is 12.8. The van der Waals surface area contributed by atoms with Crippen LogP contribution in [0.25, 0.3) is 0 Å². The van der Waals surface area contributed by atoms with E-state index in [-0.39, 0.29) is 16.7 Å². The third-order valence-electron chi connectivity index (χ3n) is 5.79. The van der Waals surface area contributed by atoms with Crippen molar-refractivity contribution in [2.45, 2.75) is 37.7 Å². The van der Waals surface area contributed by atoms with Gasteiger partial charge in [0, 0.05) is 6.92 Å². The molecule has 0 bridgehead atoms. The Kier molecular flexibility index (Phi) is 9.01. The molecule has 10 heteroatoms. The van der Waals surface area contributed by atoms with Gasteiger partial charge in [-0.25, -0.2) is 18.8 Å². The lowest BCUT2D eigenvalue weighted by atomic mass is 9.98. The van der Waals surface area contributed by atoms with E-state index in [1.165, 1.54) is 36.4 Å². The average molecular weight is 537 g/mol. The molecule has 0 amide bonds. The average Bonchev–Trinajstić information content (AvgIpc) is 2.96. The first-order valence-corrected chi connectivity index (χ1v) is 12.0. The van der Waals surface area contributed by atoms with Crippen molar-refractivity contribution in [1.82, 2.24) is 0 Å². The van der Waals surface area contributed by atoms with E-state index in [4.69, 9.17) is 23.7 Å². The smallest absolute Gasteiger partial charge is 0.338 e. The summed E-state index contributed by atoms with van der Waals surface area (Å²) in [4.78, 5) is 50.4. The Morgan fingerprint density at radius 2 is 1.03 bits per heavy atom. The van der Waals surface area contributed by atoms with Crippen molar-refractivity contribution in [3.05, 3.63) is 108 Å². The van der Waals surface area contributed by atoms with Gasteiger partial charge >= 0.3 is 23.9 Å². The molecule has 4 rings (SSSR count). The van der Waals surface area contributed by atoms with Crippen molar-refractivity contribution in [3.8, 4) is 0 Å². The molecule has 0 N–H and O–H groups in total. The molecule has 0 aromatic heterocycles. The Bertz CT molecular complexity index is 1280. The van der Waals surface area contributed by atoms with Gasteiger partial charge in [-0.3, -0.25) is 4.79 Å². The summed E-state index contributed by atoms with van der Waals surface area (Å²) in [6.45, 7) is 0.610. The minimum absolute atomic E-state index is 0.109. The molecular formula is C29H25FO9. The van der Waals surface area contributed by atoms with Gasteiger partial charge in [0.15, 0.2) is 18.3 Å². The van der Waals surface area contributed by atoms with Gasteiger partial charge < -0.3 is 23.7 Å². The molecule has 0 radical (unpaired) electrons. The summed E-state index contributed by atoms with van der Waals surface area (Å²) in [5.74, 6) is -3.34. The number of esters is 4. The van der Waals surface area contributed by atoms with Gasteiger partial charge in [-0.15, -0.1) is 0 Å². The third-order valence-corrected chi connectivity index (χ3v) is 5.79. The summed E-state index contributed by atoms with van der Waals surface area (Å²) >= 11 is 0. The Labute approximate surface area is 223 Å². The molecule has 5 atom stereocenters. The lowest BCUT2D eigenvalue weighted by Crippen LogP contribution is -2.61. The van der Waals surface area contributed by atoms with Gasteiger partial charge in [-0.05, 0) is 36.4 Å². The molecule has 1 saturated heterocycles. The van der Waals surface area contributed by atoms with E-state index in [0.717, 1.165) is 6.92 Å². The zero-order valence-electron chi connectivity index (χ0n) is 20.8. The number of halogens is 1. The number of carbonyl (C=O) groups excluding carboxylic acids is 4. The van der Waals surface area contributed by atoms with Gasteiger partial charge in [0.1, 0.15) is 12.7 Å². The van der Waals surface area contributed by atoms with E-state index in [1.54, 1.807) is 54.6 Å². The van der Waals surface area contributed by atoms with Gasteiger partial charge in [0.2, 0.25) is 6.36 Å². The molecule has 1 aliphatic heterocycles. The van der Waals surface area contributed by atoms with Crippen molar-refractivity contribution in [3.63, 3.8) is 0 Å². The summed E-state index contributed by atoms with van der Waals surface area (Å²) in [5, 5.41) is 0. The maximum atomic E-state index is 15.5. The number of carbonyl (C=O) groups is 4. The molecule has 9 nitrogen and oxygen atoms in total. The standard InChI is InChI=1S/C29H25FO9/c1-18(31)35-17-22-23(37-27(32)19-11-5-2-6-12-19)24(38-28(33)20-13-7-3-8-14-20)25(26(30)36-22)39-29(34)21-15-9-4-10-16-21/h2-16,22-26H,17H2,1H3/t22-,23-,24+,25+,26+/m1/s1. The van der Waals surface area contributed by atoms with Crippen molar-refractivity contribution in [1.29, 1.82) is 0 Å². The van der Waals surface area contributed by atoms with Crippen molar-refractivity contribution < 1.29 is 47.3 Å². The number of rotatable bonds is 8. The third kappa shape index (κ3) is 7.05. The van der Waals surface area contributed by atoms with E-state index in [1.807, 2.05) is 0 Å². The van der Waals surface area contributed by atoms with Crippen LogP contribution in [-0.4, -0.2) is 61.3 Å². The van der Waals surface area contributed by atoms with Crippen LogP contribution in [0.5, 0.6) is 0 Å². The van der Waals surface area contributed by atoms with Crippen LogP contribution < -0.4 is 0 Å². The largest absolute Gasteiger partial charge is 0.463 e. The fourth-order valence-corrected chi connectivity index (χ4v) is 3.90. The summed E-state index contributed by atoms with van der Waals surface area (Å²) in [5.41, 5.74) is 0.381. The minimum Gasteiger partial charge on any atom is -0.463 e. The summed E-state index contributed by atoms with van der Waals surface area (Å²) in [6.07, 6.45) is -8.73. The van der Waals surface area contributed by atoms with Crippen LogP contribution in [-0.2, 0) is 28.5 Å². The monoisotopic (exact) mass is 536 g/mol. The summed E-state index contributed by atoms with van der Waals surface area (Å²) < 4.78 is 42.5. The first-order valence-electron chi connectivity index (χ1n) is 12.0. The fourth-order valence-electron chi connectivity index (χ4n) is 3.90. The first kappa shape index (κ1) is 27.5. The van der Waals surface area contributed by atoms with Crippen LogP contribution in [0.2, 0.25) is 0 Å². The molecule has 202 valence electrons. The highest BCUT2D eigenvalue weighted by Crippen LogP contribution is 2.31. The molecule has 1 fully saturated rings. The molecule has 1 heterocycles. The molecule has 0 aliphatic carbocycles. The van der Waals surface area contributed by atoms with Gasteiger partial charge in [-0.2, -0.15) is 0 Å². The topological polar surface area (TPSA) is 114 Å². The molecule has 0 unspecified atom stereocenters. The molecule has 3 aromatic carbocycles. The first-order chi connectivity index (χ1) is 18.8. The molecule has 39 heavy (non-hydrogen) atoms. The zero-order chi connectivity index (χ0) is 27.8. The van der Waals surface area contributed by atoms with Crippen LogP contribution in [0.4, 0.5) is 4.39 Å². The maximum Gasteiger partial charge on any atom is 0.338 e. The normalized spacial score (nSPS) is 22.3. The van der Waals surface area contributed by atoms with E-state index in [9.17, 15) is 19.2 Å².